The van der Waals surface area contributed by atoms with Gasteiger partial charge in [-0.2, -0.15) is 9.78 Å². The van der Waals surface area contributed by atoms with Crippen LogP contribution in [0.15, 0.2) is 24.9 Å². The van der Waals surface area contributed by atoms with E-state index < -0.39 is 0 Å². The van der Waals surface area contributed by atoms with Gasteiger partial charge in [0.2, 0.25) is 0 Å². The molecule has 0 amide bonds. The van der Waals surface area contributed by atoms with E-state index in [1.165, 1.54) is 6.33 Å². The first-order chi connectivity index (χ1) is 7.42. The highest BCUT2D eigenvalue weighted by molar-refractivity contribution is 5.16. The van der Waals surface area contributed by atoms with Crippen LogP contribution in [0.25, 0.3) is 5.82 Å². The van der Waals surface area contributed by atoms with Gasteiger partial charge in [-0.1, -0.05) is 6.92 Å². The lowest BCUT2D eigenvalue weighted by molar-refractivity contribution is 0.658. The van der Waals surface area contributed by atoms with Gasteiger partial charge < -0.3 is 5.32 Å². The van der Waals surface area contributed by atoms with Crippen LogP contribution < -0.4 is 5.32 Å². The normalized spacial score (nSPS) is 10.5. The van der Waals surface area contributed by atoms with E-state index in [9.17, 15) is 0 Å². The fourth-order valence-electron chi connectivity index (χ4n) is 1.21. The third-order valence-corrected chi connectivity index (χ3v) is 1.92. The first kappa shape index (κ1) is 9.72. The van der Waals surface area contributed by atoms with Crippen molar-refractivity contribution in [2.24, 2.45) is 0 Å². The fourth-order valence-corrected chi connectivity index (χ4v) is 1.21. The monoisotopic (exact) mass is 204 g/mol. The van der Waals surface area contributed by atoms with E-state index in [2.05, 4.69) is 25.4 Å². The minimum atomic E-state index is 0.674. The van der Waals surface area contributed by atoms with E-state index in [1.54, 1.807) is 23.3 Å². The van der Waals surface area contributed by atoms with E-state index in [0.717, 1.165) is 12.4 Å². The SMILES string of the molecule is CCNCc1ncnn1-c1cnccn1. The Morgan fingerprint density at radius 1 is 1.33 bits per heavy atom. The van der Waals surface area contributed by atoms with Crippen molar-refractivity contribution in [3.8, 4) is 5.82 Å². The fraction of sp³-hybridized carbons (Fsp3) is 0.333. The van der Waals surface area contributed by atoms with Gasteiger partial charge in [0.1, 0.15) is 12.2 Å². The van der Waals surface area contributed by atoms with Gasteiger partial charge in [-0.3, -0.25) is 4.98 Å². The van der Waals surface area contributed by atoms with Crippen LogP contribution in [0, 0.1) is 0 Å². The minimum absolute atomic E-state index is 0.674. The van der Waals surface area contributed by atoms with E-state index in [0.29, 0.717) is 12.4 Å². The van der Waals surface area contributed by atoms with Crippen molar-refractivity contribution in [3.05, 3.63) is 30.7 Å². The molecule has 0 aliphatic heterocycles. The number of nitrogens with one attached hydrogen (secondary N) is 1. The Bertz CT molecular complexity index is 410. The maximum absolute atomic E-state index is 4.16. The van der Waals surface area contributed by atoms with Gasteiger partial charge in [0.25, 0.3) is 0 Å². The molecule has 0 atom stereocenters. The highest BCUT2D eigenvalue weighted by atomic mass is 15.4. The highest BCUT2D eigenvalue weighted by Crippen LogP contribution is 2.02. The molecule has 0 aromatic carbocycles. The first-order valence-corrected chi connectivity index (χ1v) is 4.78. The maximum atomic E-state index is 4.16. The molecule has 0 aliphatic rings. The molecule has 6 nitrogen and oxygen atoms in total. The Balaban J connectivity index is 2.25. The van der Waals surface area contributed by atoms with E-state index in [4.69, 9.17) is 0 Å². The summed E-state index contributed by atoms with van der Waals surface area (Å²) in [5.74, 6) is 1.51. The van der Waals surface area contributed by atoms with Crippen LogP contribution in [0.2, 0.25) is 0 Å². The molecular weight excluding hydrogens is 192 g/mol. The largest absolute Gasteiger partial charge is 0.310 e. The van der Waals surface area contributed by atoms with Crippen molar-refractivity contribution < 1.29 is 0 Å². The molecule has 6 heteroatoms. The second-order valence-electron chi connectivity index (χ2n) is 2.93. The molecule has 0 radical (unpaired) electrons. The number of aromatic nitrogens is 5. The summed E-state index contributed by atoms with van der Waals surface area (Å²) in [6.07, 6.45) is 6.43. The predicted octanol–water partition coefficient (Wildman–Crippen LogP) is 0.167. The number of hydrogen-bond acceptors (Lipinski definition) is 5. The molecule has 0 bridgehead atoms. The number of nitrogens with zero attached hydrogens (tertiary/aromatic N) is 5. The van der Waals surface area contributed by atoms with Crippen molar-refractivity contribution in [3.63, 3.8) is 0 Å². The Hall–Kier alpha value is -1.82. The molecule has 1 N–H and O–H groups in total. The molecule has 0 saturated carbocycles. The van der Waals surface area contributed by atoms with Gasteiger partial charge in [-0.05, 0) is 6.54 Å². The lowest BCUT2D eigenvalue weighted by Gasteiger charge is -2.03. The molecule has 78 valence electrons. The van der Waals surface area contributed by atoms with Crippen LogP contribution in [-0.2, 0) is 6.54 Å². The summed E-state index contributed by atoms with van der Waals surface area (Å²) >= 11 is 0. The zero-order valence-electron chi connectivity index (χ0n) is 8.46. The van der Waals surface area contributed by atoms with Crippen LogP contribution >= 0.6 is 0 Å². The molecule has 2 rings (SSSR count). The van der Waals surface area contributed by atoms with Crippen molar-refractivity contribution in [1.82, 2.24) is 30.0 Å². The molecule has 0 spiro atoms. The second kappa shape index (κ2) is 4.61. The maximum Gasteiger partial charge on any atom is 0.174 e. The minimum Gasteiger partial charge on any atom is -0.310 e. The molecule has 2 aromatic rings. The Kier molecular flexibility index (Phi) is 2.99. The van der Waals surface area contributed by atoms with Gasteiger partial charge in [0.05, 0.1) is 12.7 Å². The summed E-state index contributed by atoms with van der Waals surface area (Å²) in [5.41, 5.74) is 0. The molecular formula is C9H12N6. The average molecular weight is 204 g/mol. The van der Waals surface area contributed by atoms with E-state index in [-0.39, 0.29) is 0 Å². The zero-order chi connectivity index (χ0) is 10.5. The van der Waals surface area contributed by atoms with Crippen LogP contribution in [0.1, 0.15) is 12.7 Å². The molecule has 0 unspecified atom stereocenters. The van der Waals surface area contributed by atoms with Gasteiger partial charge in [0.15, 0.2) is 5.82 Å². The number of hydrogen-bond donors (Lipinski definition) is 1. The quantitative estimate of drug-likeness (QED) is 0.768. The van der Waals surface area contributed by atoms with Gasteiger partial charge in [-0.25, -0.2) is 9.97 Å². The summed E-state index contributed by atoms with van der Waals surface area (Å²) in [6, 6.07) is 0. The van der Waals surface area contributed by atoms with Gasteiger partial charge in [0, 0.05) is 12.4 Å². The zero-order valence-corrected chi connectivity index (χ0v) is 8.46. The molecule has 0 aliphatic carbocycles. The van der Waals surface area contributed by atoms with Crippen molar-refractivity contribution >= 4 is 0 Å². The van der Waals surface area contributed by atoms with Gasteiger partial charge in [-0.15, -0.1) is 0 Å². The third kappa shape index (κ3) is 2.16. The van der Waals surface area contributed by atoms with Crippen molar-refractivity contribution in [2.75, 3.05) is 6.54 Å². The topological polar surface area (TPSA) is 68.5 Å². The van der Waals surface area contributed by atoms with Crippen LogP contribution in [0.5, 0.6) is 0 Å². The van der Waals surface area contributed by atoms with Crippen LogP contribution in [0.3, 0.4) is 0 Å². The molecule has 2 aromatic heterocycles. The summed E-state index contributed by atoms with van der Waals surface area (Å²) in [6.45, 7) is 3.61. The Morgan fingerprint density at radius 2 is 2.27 bits per heavy atom. The van der Waals surface area contributed by atoms with Crippen LogP contribution in [0.4, 0.5) is 0 Å². The first-order valence-electron chi connectivity index (χ1n) is 4.78. The summed E-state index contributed by atoms with van der Waals surface area (Å²) in [7, 11) is 0. The Labute approximate surface area is 87.4 Å². The molecule has 15 heavy (non-hydrogen) atoms. The molecule has 2 heterocycles. The second-order valence-corrected chi connectivity index (χ2v) is 2.93. The lowest BCUT2D eigenvalue weighted by Crippen LogP contribution is -2.16. The summed E-state index contributed by atoms with van der Waals surface area (Å²) in [4.78, 5) is 12.3. The van der Waals surface area contributed by atoms with Crippen molar-refractivity contribution in [1.29, 1.82) is 0 Å². The molecule has 0 saturated heterocycles. The third-order valence-electron chi connectivity index (χ3n) is 1.92. The smallest absolute Gasteiger partial charge is 0.174 e. The van der Waals surface area contributed by atoms with Crippen LogP contribution in [-0.4, -0.2) is 31.3 Å². The average Bonchev–Trinajstić information content (AvgIpc) is 2.75. The summed E-state index contributed by atoms with van der Waals surface area (Å²) < 4.78 is 1.68. The van der Waals surface area contributed by atoms with Crippen molar-refractivity contribution in [2.45, 2.75) is 13.5 Å². The van der Waals surface area contributed by atoms with E-state index >= 15 is 0 Å². The Morgan fingerprint density at radius 3 is 3.00 bits per heavy atom. The van der Waals surface area contributed by atoms with Gasteiger partial charge >= 0.3 is 0 Å². The highest BCUT2D eigenvalue weighted by Gasteiger charge is 2.06. The standard InChI is InChI=1S/C9H12N6/c1-2-10-5-9-13-7-14-15(9)8-6-11-3-4-12-8/h3-4,6-7,10H,2,5H2,1H3. The number of rotatable bonds is 4. The summed E-state index contributed by atoms with van der Waals surface area (Å²) in [5, 5.41) is 7.29. The molecule has 0 fully saturated rings. The lowest BCUT2D eigenvalue weighted by atomic mass is 10.5. The predicted molar refractivity (Wildman–Crippen MR) is 54.3 cm³/mol. The van der Waals surface area contributed by atoms with E-state index in [1.807, 2.05) is 6.92 Å².